The molecule has 3 N–H and O–H groups in total. The zero-order chi connectivity index (χ0) is 12.7. The van der Waals surface area contributed by atoms with Crippen molar-refractivity contribution in [1.29, 1.82) is 0 Å². The number of thioether (sulfide) groups is 1. The van der Waals surface area contributed by atoms with Crippen LogP contribution in [0.15, 0.2) is 0 Å². The van der Waals surface area contributed by atoms with E-state index in [1.54, 1.807) is 0 Å². The molecule has 1 aliphatic rings. The fourth-order valence-corrected chi connectivity index (χ4v) is 3.05. The third kappa shape index (κ3) is 5.23. The van der Waals surface area contributed by atoms with E-state index in [-0.39, 0.29) is 11.8 Å². The summed E-state index contributed by atoms with van der Waals surface area (Å²) in [5, 5.41) is 2.91. The Hall–Kier alpha value is -0.330. The molecule has 1 heterocycles. The minimum Gasteiger partial charge on any atom is -0.393 e. The monoisotopic (exact) mass is 275 g/mol. The summed E-state index contributed by atoms with van der Waals surface area (Å²) in [6.45, 7) is 5.76. The number of carbonyl (C=O) groups excluding carboxylic acids is 1. The van der Waals surface area contributed by atoms with Crippen LogP contribution in [-0.2, 0) is 4.79 Å². The maximum Gasteiger partial charge on any atom is 0.229 e. The van der Waals surface area contributed by atoms with Crippen LogP contribution in [0.2, 0.25) is 0 Å². The highest BCUT2D eigenvalue weighted by atomic mass is 32.2. The molecule has 1 rings (SSSR count). The Labute approximate surface area is 113 Å². The minimum atomic E-state index is -0.318. The average Bonchev–Trinajstić information content (AvgIpc) is 2.30. The van der Waals surface area contributed by atoms with E-state index in [1.165, 1.54) is 11.5 Å². The van der Waals surface area contributed by atoms with Crippen molar-refractivity contribution in [3.05, 3.63) is 0 Å². The van der Waals surface area contributed by atoms with Crippen molar-refractivity contribution >= 4 is 34.9 Å². The summed E-state index contributed by atoms with van der Waals surface area (Å²) in [6, 6.07) is 0. The molecule has 0 saturated carbocycles. The highest BCUT2D eigenvalue weighted by Crippen LogP contribution is 2.08. The minimum absolute atomic E-state index is 0.0358. The topological polar surface area (TPSA) is 58.4 Å². The van der Waals surface area contributed by atoms with Crippen LogP contribution in [0.4, 0.5) is 0 Å². The molecular formula is C11H21N3OS2. The summed E-state index contributed by atoms with van der Waals surface area (Å²) in [7, 11) is 0. The highest BCUT2D eigenvalue weighted by Gasteiger charge is 2.19. The van der Waals surface area contributed by atoms with Gasteiger partial charge in [-0.05, 0) is 6.42 Å². The van der Waals surface area contributed by atoms with Gasteiger partial charge in [0.15, 0.2) is 0 Å². The molecule has 1 amide bonds. The van der Waals surface area contributed by atoms with Crippen LogP contribution in [0.5, 0.6) is 0 Å². The second-order valence-corrected chi connectivity index (χ2v) is 5.80. The van der Waals surface area contributed by atoms with Crippen molar-refractivity contribution in [3.8, 4) is 0 Å². The molecule has 4 nitrogen and oxygen atoms in total. The predicted octanol–water partition coefficient (Wildman–Crippen LogP) is 0.464. The SMILES string of the molecule is CCC(C(=O)NCCN1CCSCC1)C(N)=S. The summed E-state index contributed by atoms with van der Waals surface area (Å²) in [6.07, 6.45) is 0.668. The fraction of sp³-hybridized carbons (Fsp3) is 0.818. The molecule has 0 bridgehead atoms. The van der Waals surface area contributed by atoms with Crippen LogP contribution >= 0.6 is 24.0 Å². The number of rotatable bonds is 6. The Morgan fingerprint density at radius 3 is 2.71 bits per heavy atom. The van der Waals surface area contributed by atoms with E-state index >= 15 is 0 Å². The Bertz CT molecular complexity index is 267. The summed E-state index contributed by atoms with van der Waals surface area (Å²) in [5.74, 6) is 2.03. The zero-order valence-corrected chi connectivity index (χ0v) is 11.9. The second kappa shape index (κ2) is 7.89. The van der Waals surface area contributed by atoms with Gasteiger partial charge in [0, 0.05) is 37.7 Å². The summed E-state index contributed by atoms with van der Waals surface area (Å²) in [5.41, 5.74) is 5.52. The van der Waals surface area contributed by atoms with Gasteiger partial charge in [-0.3, -0.25) is 9.69 Å². The predicted molar refractivity (Wildman–Crippen MR) is 77.3 cm³/mol. The van der Waals surface area contributed by atoms with Crippen molar-refractivity contribution < 1.29 is 4.79 Å². The average molecular weight is 275 g/mol. The molecule has 0 spiro atoms. The number of nitrogens with zero attached hydrogens (tertiary/aromatic N) is 1. The quantitative estimate of drug-likeness (QED) is 0.690. The standard InChI is InChI=1S/C11H21N3OS2/c1-2-9(10(12)16)11(15)13-3-4-14-5-7-17-8-6-14/h9H,2-8H2,1H3,(H2,12,16)(H,13,15). The largest absolute Gasteiger partial charge is 0.393 e. The van der Waals surface area contributed by atoms with E-state index in [2.05, 4.69) is 10.2 Å². The Morgan fingerprint density at radius 1 is 1.53 bits per heavy atom. The van der Waals surface area contributed by atoms with Gasteiger partial charge in [0.1, 0.15) is 0 Å². The van der Waals surface area contributed by atoms with E-state index in [1.807, 2.05) is 18.7 Å². The van der Waals surface area contributed by atoms with Crippen molar-refractivity contribution in [2.75, 3.05) is 37.7 Å². The van der Waals surface area contributed by atoms with Crippen LogP contribution in [0.3, 0.4) is 0 Å². The maximum absolute atomic E-state index is 11.8. The molecule has 0 aromatic heterocycles. The molecule has 6 heteroatoms. The zero-order valence-electron chi connectivity index (χ0n) is 10.3. The van der Waals surface area contributed by atoms with Gasteiger partial charge in [-0.2, -0.15) is 11.8 Å². The molecule has 1 atom stereocenters. The molecule has 1 unspecified atom stereocenters. The van der Waals surface area contributed by atoms with Gasteiger partial charge in [-0.1, -0.05) is 19.1 Å². The van der Waals surface area contributed by atoms with Gasteiger partial charge >= 0.3 is 0 Å². The Balaban J connectivity index is 2.20. The van der Waals surface area contributed by atoms with E-state index in [0.717, 1.165) is 19.6 Å². The second-order valence-electron chi connectivity index (χ2n) is 4.11. The first-order chi connectivity index (χ1) is 8.15. The van der Waals surface area contributed by atoms with E-state index in [9.17, 15) is 4.79 Å². The van der Waals surface area contributed by atoms with E-state index in [0.29, 0.717) is 18.0 Å². The van der Waals surface area contributed by atoms with Crippen LogP contribution < -0.4 is 11.1 Å². The highest BCUT2D eigenvalue weighted by molar-refractivity contribution is 7.99. The van der Waals surface area contributed by atoms with Crippen LogP contribution in [0.1, 0.15) is 13.3 Å². The molecule has 98 valence electrons. The van der Waals surface area contributed by atoms with E-state index < -0.39 is 0 Å². The maximum atomic E-state index is 11.8. The number of carbonyl (C=O) groups is 1. The smallest absolute Gasteiger partial charge is 0.229 e. The molecule has 0 aromatic carbocycles. The summed E-state index contributed by atoms with van der Waals surface area (Å²) < 4.78 is 0. The normalized spacial score (nSPS) is 18.6. The molecule has 1 saturated heterocycles. The van der Waals surface area contributed by atoms with Crippen molar-refractivity contribution in [1.82, 2.24) is 10.2 Å². The molecular weight excluding hydrogens is 254 g/mol. The lowest BCUT2D eigenvalue weighted by Gasteiger charge is -2.26. The number of amides is 1. The van der Waals surface area contributed by atoms with Crippen LogP contribution in [-0.4, -0.2) is 53.5 Å². The number of hydrogen-bond acceptors (Lipinski definition) is 4. The molecule has 1 fully saturated rings. The lowest BCUT2D eigenvalue weighted by atomic mass is 10.1. The first-order valence-corrected chi connectivity index (χ1v) is 7.58. The molecule has 0 radical (unpaired) electrons. The fourth-order valence-electron chi connectivity index (χ4n) is 1.80. The van der Waals surface area contributed by atoms with Crippen LogP contribution in [0, 0.1) is 5.92 Å². The Morgan fingerprint density at radius 2 is 2.18 bits per heavy atom. The lowest BCUT2D eigenvalue weighted by molar-refractivity contribution is -0.123. The summed E-state index contributed by atoms with van der Waals surface area (Å²) >= 11 is 6.86. The lowest BCUT2D eigenvalue weighted by Crippen LogP contribution is -2.42. The van der Waals surface area contributed by atoms with Gasteiger partial charge in [0.05, 0.1) is 10.9 Å². The molecule has 0 aromatic rings. The van der Waals surface area contributed by atoms with Crippen molar-refractivity contribution in [3.63, 3.8) is 0 Å². The number of hydrogen-bond donors (Lipinski definition) is 2. The van der Waals surface area contributed by atoms with Gasteiger partial charge in [0.2, 0.25) is 5.91 Å². The van der Waals surface area contributed by atoms with Gasteiger partial charge in [-0.25, -0.2) is 0 Å². The number of nitrogens with two attached hydrogens (primary N) is 1. The first kappa shape index (κ1) is 14.7. The van der Waals surface area contributed by atoms with E-state index in [4.69, 9.17) is 18.0 Å². The molecule has 1 aliphatic heterocycles. The van der Waals surface area contributed by atoms with Gasteiger partial charge in [0.25, 0.3) is 0 Å². The number of nitrogens with one attached hydrogen (secondary N) is 1. The third-order valence-corrected chi connectivity index (χ3v) is 4.13. The number of thiocarbonyl (C=S) groups is 1. The Kier molecular flexibility index (Phi) is 6.84. The van der Waals surface area contributed by atoms with Crippen molar-refractivity contribution in [2.24, 2.45) is 11.7 Å². The first-order valence-electron chi connectivity index (χ1n) is 6.02. The molecule has 0 aliphatic carbocycles. The van der Waals surface area contributed by atoms with Gasteiger partial charge in [-0.15, -0.1) is 0 Å². The van der Waals surface area contributed by atoms with Crippen molar-refractivity contribution in [2.45, 2.75) is 13.3 Å². The summed E-state index contributed by atoms with van der Waals surface area (Å²) in [4.78, 5) is 14.4. The van der Waals surface area contributed by atoms with Gasteiger partial charge < -0.3 is 11.1 Å². The third-order valence-electron chi connectivity index (χ3n) is 2.90. The van der Waals surface area contributed by atoms with Crippen LogP contribution in [0.25, 0.3) is 0 Å². The molecule has 17 heavy (non-hydrogen) atoms.